The predicted octanol–water partition coefficient (Wildman–Crippen LogP) is 2.08. The molecule has 0 radical (unpaired) electrons. The van der Waals surface area contributed by atoms with Crippen molar-refractivity contribution < 1.29 is 14.3 Å². The summed E-state index contributed by atoms with van der Waals surface area (Å²) < 4.78 is 6.38. The number of tetrazole rings is 1. The SMILES string of the molecule is CCC(C)C(NC(=O)CSc1nnnn1-c1ccc(C)c(C)c1)C(=O)OC. The van der Waals surface area contributed by atoms with Gasteiger partial charge >= 0.3 is 5.97 Å². The first kappa shape index (κ1) is 20.9. The van der Waals surface area contributed by atoms with Gasteiger partial charge in [0.15, 0.2) is 0 Å². The quantitative estimate of drug-likeness (QED) is 0.543. The van der Waals surface area contributed by atoms with Gasteiger partial charge in [0.25, 0.3) is 0 Å². The standard InChI is InChI=1S/C18H25N5O3S/c1-6-11(2)16(17(25)26-5)19-15(24)10-27-18-20-21-22-23(18)14-8-7-12(3)13(4)9-14/h7-9,11,16H,6,10H2,1-5H3,(H,19,24). The lowest BCUT2D eigenvalue weighted by molar-refractivity contribution is -0.146. The van der Waals surface area contributed by atoms with Crippen molar-refractivity contribution in [3.05, 3.63) is 29.3 Å². The van der Waals surface area contributed by atoms with Crippen LogP contribution in [0, 0.1) is 19.8 Å². The van der Waals surface area contributed by atoms with Gasteiger partial charge in [-0.2, -0.15) is 4.68 Å². The number of carbonyl (C=O) groups excluding carboxylic acids is 2. The Bertz CT molecular complexity index is 808. The molecule has 9 heteroatoms. The van der Waals surface area contributed by atoms with E-state index in [1.165, 1.54) is 24.4 Å². The molecule has 0 aliphatic heterocycles. The Balaban J connectivity index is 2.04. The van der Waals surface area contributed by atoms with E-state index in [4.69, 9.17) is 4.74 Å². The van der Waals surface area contributed by atoms with Gasteiger partial charge in [-0.05, 0) is 53.5 Å². The molecule has 0 fully saturated rings. The molecule has 0 spiro atoms. The molecule has 0 aliphatic rings. The van der Waals surface area contributed by atoms with Crippen LogP contribution >= 0.6 is 11.8 Å². The van der Waals surface area contributed by atoms with Crippen molar-refractivity contribution in [3.8, 4) is 5.69 Å². The number of amides is 1. The number of rotatable bonds is 8. The monoisotopic (exact) mass is 391 g/mol. The third-order valence-electron chi connectivity index (χ3n) is 4.49. The molecule has 1 N–H and O–H groups in total. The zero-order valence-electron chi connectivity index (χ0n) is 16.2. The first-order valence-corrected chi connectivity index (χ1v) is 9.71. The van der Waals surface area contributed by atoms with Crippen molar-refractivity contribution in [1.29, 1.82) is 0 Å². The lowest BCUT2D eigenvalue weighted by atomic mass is 9.99. The molecule has 8 nitrogen and oxygen atoms in total. The van der Waals surface area contributed by atoms with E-state index in [0.29, 0.717) is 5.16 Å². The fourth-order valence-electron chi connectivity index (χ4n) is 2.43. The van der Waals surface area contributed by atoms with Gasteiger partial charge in [-0.3, -0.25) is 4.79 Å². The Morgan fingerprint density at radius 1 is 1.30 bits per heavy atom. The number of esters is 1. The molecule has 146 valence electrons. The highest BCUT2D eigenvalue weighted by Gasteiger charge is 2.26. The van der Waals surface area contributed by atoms with Gasteiger partial charge < -0.3 is 10.1 Å². The Kier molecular flexibility index (Phi) is 7.35. The second kappa shape index (κ2) is 9.50. The van der Waals surface area contributed by atoms with Crippen LogP contribution in [0.1, 0.15) is 31.4 Å². The van der Waals surface area contributed by atoms with Gasteiger partial charge in [0.05, 0.1) is 18.6 Å². The van der Waals surface area contributed by atoms with Crippen LogP contribution in [0.4, 0.5) is 0 Å². The van der Waals surface area contributed by atoms with E-state index in [1.807, 2.05) is 45.9 Å². The number of methoxy groups -OCH3 is 1. The van der Waals surface area contributed by atoms with Crippen LogP contribution in [0.15, 0.2) is 23.4 Å². The second-order valence-corrected chi connectivity index (χ2v) is 7.33. The number of thioether (sulfide) groups is 1. The van der Waals surface area contributed by atoms with Crippen molar-refractivity contribution >= 4 is 23.6 Å². The number of nitrogens with zero attached hydrogens (tertiary/aromatic N) is 4. The highest BCUT2D eigenvalue weighted by atomic mass is 32.2. The minimum Gasteiger partial charge on any atom is -0.467 e. The zero-order valence-corrected chi connectivity index (χ0v) is 17.0. The number of hydrogen-bond donors (Lipinski definition) is 1. The molecule has 1 aromatic carbocycles. The number of carbonyl (C=O) groups is 2. The van der Waals surface area contributed by atoms with Gasteiger partial charge in [-0.25, -0.2) is 4.79 Å². The summed E-state index contributed by atoms with van der Waals surface area (Å²) in [5.74, 6) is -0.643. The van der Waals surface area contributed by atoms with E-state index in [9.17, 15) is 9.59 Å². The van der Waals surface area contributed by atoms with Gasteiger partial charge in [0, 0.05) is 0 Å². The second-order valence-electron chi connectivity index (χ2n) is 6.38. The normalized spacial score (nSPS) is 13.1. The molecular formula is C18H25N5O3S. The molecule has 0 saturated carbocycles. The topological polar surface area (TPSA) is 99.0 Å². The number of aryl methyl sites for hydroxylation is 2. The average molecular weight is 391 g/mol. The van der Waals surface area contributed by atoms with Crippen molar-refractivity contribution in [2.24, 2.45) is 5.92 Å². The van der Waals surface area contributed by atoms with Gasteiger partial charge in [-0.1, -0.05) is 38.1 Å². The maximum atomic E-state index is 12.3. The van der Waals surface area contributed by atoms with E-state index in [1.54, 1.807) is 4.68 Å². The molecule has 1 heterocycles. The molecule has 2 rings (SSSR count). The molecule has 2 unspecified atom stereocenters. The minimum atomic E-state index is -0.663. The minimum absolute atomic E-state index is 0.0211. The van der Waals surface area contributed by atoms with Crippen LogP contribution in [0.2, 0.25) is 0 Å². The maximum absolute atomic E-state index is 12.3. The van der Waals surface area contributed by atoms with Crippen molar-refractivity contribution in [1.82, 2.24) is 25.5 Å². The Hall–Kier alpha value is -2.42. The summed E-state index contributed by atoms with van der Waals surface area (Å²) in [7, 11) is 1.32. The summed E-state index contributed by atoms with van der Waals surface area (Å²) in [6.07, 6.45) is 0.748. The average Bonchev–Trinajstić information content (AvgIpc) is 3.14. The smallest absolute Gasteiger partial charge is 0.328 e. The Labute approximate surface area is 163 Å². The summed E-state index contributed by atoms with van der Waals surface area (Å²) >= 11 is 1.21. The number of aromatic nitrogens is 4. The Morgan fingerprint density at radius 3 is 2.67 bits per heavy atom. The van der Waals surface area contributed by atoms with E-state index in [2.05, 4.69) is 20.8 Å². The van der Waals surface area contributed by atoms with Crippen LogP contribution in [0.25, 0.3) is 5.69 Å². The lowest BCUT2D eigenvalue weighted by Crippen LogP contribution is -2.46. The number of ether oxygens (including phenoxy) is 1. The molecule has 27 heavy (non-hydrogen) atoms. The number of benzene rings is 1. The molecule has 1 amide bonds. The molecule has 0 bridgehead atoms. The van der Waals surface area contributed by atoms with Crippen molar-refractivity contribution in [2.75, 3.05) is 12.9 Å². The lowest BCUT2D eigenvalue weighted by Gasteiger charge is -2.21. The molecule has 0 aliphatic carbocycles. The van der Waals surface area contributed by atoms with Crippen LogP contribution in [0.5, 0.6) is 0 Å². The van der Waals surface area contributed by atoms with E-state index in [0.717, 1.165) is 17.7 Å². The third kappa shape index (κ3) is 5.29. The third-order valence-corrected chi connectivity index (χ3v) is 5.41. The predicted molar refractivity (Wildman–Crippen MR) is 103 cm³/mol. The summed E-state index contributed by atoms with van der Waals surface area (Å²) in [5, 5.41) is 15.0. The Morgan fingerprint density at radius 2 is 2.04 bits per heavy atom. The molecular weight excluding hydrogens is 366 g/mol. The van der Waals surface area contributed by atoms with Gasteiger partial charge in [0.1, 0.15) is 6.04 Å². The fraction of sp³-hybridized carbons (Fsp3) is 0.500. The molecule has 2 aromatic rings. The van der Waals surface area contributed by atoms with Crippen LogP contribution in [-0.2, 0) is 14.3 Å². The largest absolute Gasteiger partial charge is 0.467 e. The van der Waals surface area contributed by atoms with Gasteiger partial charge in [-0.15, -0.1) is 5.10 Å². The van der Waals surface area contributed by atoms with Crippen LogP contribution in [-0.4, -0.2) is 51.0 Å². The first-order chi connectivity index (χ1) is 12.9. The van der Waals surface area contributed by atoms with E-state index in [-0.39, 0.29) is 17.6 Å². The number of hydrogen-bond acceptors (Lipinski definition) is 7. The van der Waals surface area contributed by atoms with E-state index >= 15 is 0 Å². The molecule has 0 saturated heterocycles. The summed E-state index contributed by atoms with van der Waals surface area (Å²) in [6.45, 7) is 7.91. The molecule has 1 aromatic heterocycles. The summed E-state index contributed by atoms with van der Waals surface area (Å²) in [6, 6.07) is 5.26. The van der Waals surface area contributed by atoms with Crippen molar-refractivity contribution in [3.63, 3.8) is 0 Å². The fourth-order valence-corrected chi connectivity index (χ4v) is 3.13. The number of nitrogens with one attached hydrogen (secondary N) is 1. The maximum Gasteiger partial charge on any atom is 0.328 e. The van der Waals surface area contributed by atoms with Crippen molar-refractivity contribution in [2.45, 2.75) is 45.3 Å². The highest BCUT2D eigenvalue weighted by Crippen LogP contribution is 2.20. The van der Waals surface area contributed by atoms with Crippen LogP contribution < -0.4 is 5.32 Å². The zero-order chi connectivity index (χ0) is 20.0. The van der Waals surface area contributed by atoms with Gasteiger partial charge in [0.2, 0.25) is 11.1 Å². The van der Waals surface area contributed by atoms with E-state index < -0.39 is 12.0 Å². The first-order valence-electron chi connectivity index (χ1n) is 8.73. The summed E-state index contributed by atoms with van der Waals surface area (Å²) in [5.41, 5.74) is 3.14. The highest BCUT2D eigenvalue weighted by molar-refractivity contribution is 7.99. The summed E-state index contributed by atoms with van der Waals surface area (Å²) in [4.78, 5) is 24.2. The van der Waals surface area contributed by atoms with Crippen LogP contribution in [0.3, 0.4) is 0 Å². The molecule has 2 atom stereocenters.